The molecular weight excluding hydrogens is 905 g/mol. The molecule has 0 saturated heterocycles. The van der Waals surface area contributed by atoms with E-state index in [0.29, 0.717) is 5.71 Å². The van der Waals surface area contributed by atoms with Crippen LogP contribution >= 0.6 is 0 Å². The van der Waals surface area contributed by atoms with Gasteiger partial charge in [-0.05, 0) is 25.1 Å². The molecule has 0 bridgehead atoms. The number of benzene rings is 4. The largest absolute Gasteiger partial charge is 0 e. The van der Waals surface area contributed by atoms with Crippen LogP contribution in [0.5, 0.6) is 0 Å². The molecule has 0 atom stereocenters. The van der Waals surface area contributed by atoms with Crippen LogP contribution in [-0.2, 0) is 33.1 Å². The van der Waals surface area contributed by atoms with E-state index in [9.17, 15) is 0 Å². The first kappa shape index (κ1) is 37.7. The van der Waals surface area contributed by atoms with Gasteiger partial charge in [-0.25, -0.2) is 0 Å². The molecule has 6 nitrogen and oxygen atoms in total. The van der Waals surface area contributed by atoms with Gasteiger partial charge in [0.05, 0.1) is 22.4 Å². The third-order valence-electron chi connectivity index (χ3n) is 9.75. The van der Waals surface area contributed by atoms with E-state index in [-0.39, 0.29) is 25.5 Å². The van der Waals surface area contributed by atoms with E-state index in [1.165, 1.54) is 9.96 Å². The van der Waals surface area contributed by atoms with Gasteiger partial charge in [-0.15, -0.1) is 18.2 Å². The maximum Gasteiger partial charge on any atom is 0 e. The van der Waals surface area contributed by atoms with Gasteiger partial charge in [0.25, 0.3) is 0 Å². The fourth-order valence-electron chi connectivity index (χ4n) is 7.37. The minimum Gasteiger partial charge on any atom is 0 e. The summed E-state index contributed by atoms with van der Waals surface area (Å²) in [6.45, 7) is 11.9. The van der Waals surface area contributed by atoms with Crippen LogP contribution in [0.25, 0.3) is 77.7 Å². The summed E-state index contributed by atoms with van der Waals surface area (Å²) in [5.74, 6) is 8.21. The normalized spacial score (nSPS) is 12.1. The SMILES string of the molecule is CCn1c(-c2[c-]ccc3c2oc2ccccc23)nc2ccccc21.Cc1ccc2c(n1)oc1c(-c3cc(CC(C)(C)C)[c]([Ge]([CH3])([CH3])[CH3])cn3)[c-]ccc12.[Ir]. The van der Waals surface area contributed by atoms with Gasteiger partial charge in [0, 0.05) is 32.0 Å². The number of hydrogen-bond donors (Lipinski definition) is 0. The van der Waals surface area contributed by atoms with Crippen molar-refractivity contribution >= 4 is 72.7 Å². The Hall–Kier alpha value is -4.56. The molecule has 1 radical (unpaired) electrons. The van der Waals surface area contributed by atoms with Crippen molar-refractivity contribution in [3.05, 3.63) is 121 Å². The number of pyridine rings is 2. The molecule has 5 heterocycles. The predicted molar refractivity (Wildman–Crippen MR) is 221 cm³/mol. The minimum absolute atomic E-state index is 0. The van der Waals surface area contributed by atoms with Gasteiger partial charge in [0.2, 0.25) is 0 Å². The Morgan fingerprint density at radius 2 is 1.44 bits per heavy atom. The third-order valence-corrected chi connectivity index (χ3v) is 14.1. The summed E-state index contributed by atoms with van der Waals surface area (Å²) in [4.78, 5) is 14.3. The van der Waals surface area contributed by atoms with E-state index in [1.807, 2.05) is 61.5 Å². The van der Waals surface area contributed by atoms with E-state index >= 15 is 0 Å². The Bertz CT molecular complexity index is 2800. The zero-order valence-corrected chi connectivity index (χ0v) is 36.6. The molecule has 0 aliphatic heterocycles. The number of nitrogens with zero attached hydrogens (tertiary/aromatic N) is 4. The third kappa shape index (κ3) is 7.05. The quantitative estimate of drug-likeness (QED) is 0.127. The molecule has 275 valence electrons. The molecule has 0 N–H and O–H groups in total. The van der Waals surface area contributed by atoms with Gasteiger partial charge in [-0.2, -0.15) is 0 Å². The summed E-state index contributed by atoms with van der Waals surface area (Å²) in [5.41, 5.74) is 10.7. The van der Waals surface area contributed by atoms with Crippen LogP contribution < -0.4 is 4.40 Å². The van der Waals surface area contributed by atoms with E-state index in [2.05, 4.69) is 109 Å². The van der Waals surface area contributed by atoms with Gasteiger partial charge >= 0.3 is 176 Å². The van der Waals surface area contributed by atoms with Crippen LogP contribution in [-0.4, -0.2) is 32.8 Å². The topological polar surface area (TPSA) is 69.9 Å². The van der Waals surface area contributed by atoms with Crippen molar-refractivity contribution < 1.29 is 28.9 Å². The second-order valence-corrected chi connectivity index (χ2v) is 26.7. The van der Waals surface area contributed by atoms with E-state index in [0.717, 1.165) is 90.6 Å². The van der Waals surface area contributed by atoms with Crippen molar-refractivity contribution in [3.63, 3.8) is 0 Å². The molecule has 54 heavy (non-hydrogen) atoms. The molecule has 4 aromatic carbocycles. The number of fused-ring (bicyclic) bond motifs is 7. The maximum atomic E-state index is 6.19. The van der Waals surface area contributed by atoms with Crippen molar-refractivity contribution in [2.24, 2.45) is 5.41 Å². The van der Waals surface area contributed by atoms with Crippen LogP contribution in [0.3, 0.4) is 0 Å². The maximum absolute atomic E-state index is 6.19. The van der Waals surface area contributed by atoms with Crippen LogP contribution in [0.1, 0.15) is 39.0 Å². The number of hydrogen-bond acceptors (Lipinski definition) is 5. The number of furan rings is 2. The number of rotatable bonds is 5. The molecule has 9 aromatic rings. The minimum atomic E-state index is -2.03. The Balaban J connectivity index is 0.000000166. The van der Waals surface area contributed by atoms with Gasteiger partial charge < -0.3 is 8.98 Å². The van der Waals surface area contributed by atoms with Crippen molar-refractivity contribution in [1.29, 1.82) is 0 Å². The second kappa shape index (κ2) is 14.6. The Morgan fingerprint density at radius 3 is 2.19 bits per heavy atom. The molecule has 0 aliphatic carbocycles. The molecule has 5 aromatic heterocycles. The predicted octanol–water partition coefficient (Wildman–Crippen LogP) is 11.7. The first-order chi connectivity index (χ1) is 25.4. The summed E-state index contributed by atoms with van der Waals surface area (Å²) in [7, 11) is 0. The van der Waals surface area contributed by atoms with Crippen molar-refractivity contribution in [3.8, 4) is 22.6 Å². The zero-order valence-electron chi connectivity index (χ0n) is 32.1. The second-order valence-electron chi connectivity index (χ2n) is 16.1. The molecule has 0 unspecified atom stereocenters. The first-order valence-corrected chi connectivity index (χ1v) is 25.7. The number of aromatic nitrogens is 4. The van der Waals surface area contributed by atoms with Crippen LogP contribution in [0.2, 0.25) is 17.3 Å². The van der Waals surface area contributed by atoms with Gasteiger partial charge in [0.1, 0.15) is 5.58 Å². The van der Waals surface area contributed by atoms with Crippen LogP contribution in [0.15, 0.2) is 106 Å². The molecule has 0 fully saturated rings. The molecule has 0 amide bonds. The fourth-order valence-corrected chi connectivity index (χ4v) is 10.7. The Morgan fingerprint density at radius 1 is 0.759 bits per heavy atom. The van der Waals surface area contributed by atoms with E-state index < -0.39 is 13.3 Å². The average Bonchev–Trinajstić information content (AvgIpc) is 3.81. The van der Waals surface area contributed by atoms with Gasteiger partial charge in [-0.3, -0.25) is 4.98 Å². The number of aryl methyl sites for hydroxylation is 2. The van der Waals surface area contributed by atoms with Crippen molar-refractivity contribution in [2.75, 3.05) is 0 Å². The summed E-state index contributed by atoms with van der Waals surface area (Å²) in [6, 6.07) is 37.5. The Labute approximate surface area is 332 Å². The summed E-state index contributed by atoms with van der Waals surface area (Å²) < 4.78 is 16.0. The standard InChI is InChI=1S/C25H29GeN2O.C21H15N2O.Ir/c1-16-11-12-19-18-9-8-10-20(23(18)29-24(19)28-16)22-13-17(14-25(2,3)4)21(15-27-22)26(5,6)7;1-2-23-18-12-5-4-11-17(18)22-21(23)16-10-7-9-15-14-8-3-6-13-19(14)24-20(15)16;/h8-9,11-13,15H,14H2,1-7H3;3-9,11-13H,2H2,1H3;/q2*-1;. The smallest absolute Gasteiger partial charge is 0 e. The average molecular weight is 950 g/mol. The molecule has 9 rings (SSSR count). The van der Waals surface area contributed by atoms with Gasteiger partial charge in [-0.1, -0.05) is 41.3 Å². The van der Waals surface area contributed by atoms with Gasteiger partial charge in [0.15, 0.2) is 0 Å². The molecule has 0 spiro atoms. The molecule has 8 heteroatoms. The molecular formula is C46H44GeIrN4O2-2. The molecule has 0 aliphatic rings. The number of imidazole rings is 1. The summed E-state index contributed by atoms with van der Waals surface area (Å²) >= 11 is -2.03. The zero-order chi connectivity index (χ0) is 37.1. The van der Waals surface area contributed by atoms with Crippen molar-refractivity contribution in [1.82, 2.24) is 19.5 Å². The monoisotopic (exact) mass is 951 g/mol. The van der Waals surface area contributed by atoms with Crippen molar-refractivity contribution in [2.45, 2.75) is 64.9 Å². The first-order valence-electron chi connectivity index (χ1n) is 18.4. The fraction of sp³-hybridized carbons (Fsp3) is 0.239. The number of para-hydroxylation sites is 3. The van der Waals surface area contributed by atoms with Crippen LogP contribution in [0, 0.1) is 24.5 Å². The van der Waals surface area contributed by atoms with Crippen LogP contribution in [0.4, 0.5) is 0 Å². The Kier molecular flexibility index (Phi) is 10.2. The molecule has 0 saturated carbocycles. The van der Waals surface area contributed by atoms with E-state index in [1.54, 1.807) is 0 Å². The summed E-state index contributed by atoms with van der Waals surface area (Å²) in [6.07, 6.45) is 3.16. The summed E-state index contributed by atoms with van der Waals surface area (Å²) in [5, 5.41) is 4.34. The van der Waals surface area contributed by atoms with E-state index in [4.69, 9.17) is 18.8 Å².